The molecule has 0 aromatic heterocycles. The zero-order valence-corrected chi connectivity index (χ0v) is 14.9. The zero-order chi connectivity index (χ0) is 16.9. The maximum atomic E-state index is 11.9. The Kier molecular flexibility index (Phi) is 11.3. The number of amides is 1. The zero-order valence-electron chi connectivity index (χ0n) is 14.1. The normalized spacial score (nSPS) is 17.9. The van der Waals surface area contributed by atoms with Gasteiger partial charge in [-0.15, -0.1) is 0 Å². The van der Waals surface area contributed by atoms with E-state index >= 15 is 0 Å². The summed E-state index contributed by atoms with van der Waals surface area (Å²) in [6, 6.07) is 0. The lowest BCUT2D eigenvalue weighted by Crippen LogP contribution is -2.37. The van der Waals surface area contributed by atoms with Crippen LogP contribution in [0.5, 0.6) is 0 Å². The van der Waals surface area contributed by atoms with E-state index in [9.17, 15) is 9.59 Å². The smallest absolute Gasteiger partial charge is 0.222 e. The predicted molar refractivity (Wildman–Crippen MR) is 95.5 cm³/mol. The van der Waals surface area contributed by atoms with Crippen molar-refractivity contribution in [2.45, 2.75) is 13.3 Å². The number of nitrogens with two attached hydrogens (primary N) is 1. The average molecular weight is 346 g/mol. The van der Waals surface area contributed by atoms with E-state index in [0.29, 0.717) is 18.9 Å². The Morgan fingerprint density at radius 3 is 2.39 bits per heavy atom. The molecule has 23 heavy (non-hydrogen) atoms. The molecule has 1 fully saturated rings. The molecule has 0 aliphatic carbocycles. The first-order valence-corrected chi connectivity index (χ1v) is 9.35. The van der Waals surface area contributed by atoms with Crippen LogP contribution in [0.4, 0.5) is 0 Å². The van der Waals surface area contributed by atoms with Crippen molar-refractivity contribution < 1.29 is 9.59 Å². The second-order valence-electron chi connectivity index (χ2n) is 5.75. The number of rotatable bonds is 13. The molecule has 1 unspecified atom stereocenters. The highest BCUT2D eigenvalue weighted by molar-refractivity contribution is 8.13. The molecule has 0 bridgehead atoms. The fourth-order valence-corrected chi connectivity index (χ4v) is 3.16. The van der Waals surface area contributed by atoms with Crippen molar-refractivity contribution in [3.05, 3.63) is 0 Å². The van der Waals surface area contributed by atoms with Gasteiger partial charge in [0, 0.05) is 78.0 Å². The minimum Gasteiger partial charge on any atom is -0.341 e. The molecular weight excluding hydrogens is 314 g/mol. The van der Waals surface area contributed by atoms with E-state index in [1.807, 2.05) is 4.90 Å². The number of nitrogens with zero attached hydrogens (tertiary/aromatic N) is 1. The molecule has 1 heterocycles. The molecule has 0 radical (unpaired) electrons. The Morgan fingerprint density at radius 2 is 1.78 bits per heavy atom. The van der Waals surface area contributed by atoms with Gasteiger partial charge in [0.15, 0.2) is 5.12 Å². The number of carbonyl (C=O) groups excluding carboxylic acids is 2. The molecular formula is C15H31N5O2S. The van der Waals surface area contributed by atoms with Crippen molar-refractivity contribution >= 4 is 22.8 Å². The van der Waals surface area contributed by atoms with Gasteiger partial charge < -0.3 is 26.6 Å². The summed E-state index contributed by atoms with van der Waals surface area (Å²) < 4.78 is 0. The summed E-state index contributed by atoms with van der Waals surface area (Å²) in [6.45, 7) is 9.11. The van der Waals surface area contributed by atoms with Gasteiger partial charge in [0.1, 0.15) is 0 Å². The minimum absolute atomic E-state index is 0.128. The van der Waals surface area contributed by atoms with E-state index in [0.717, 1.165) is 58.1 Å². The van der Waals surface area contributed by atoms with Crippen LogP contribution < -0.4 is 21.7 Å². The van der Waals surface area contributed by atoms with Crippen LogP contribution in [-0.2, 0) is 9.59 Å². The van der Waals surface area contributed by atoms with E-state index in [1.54, 1.807) is 6.92 Å². The summed E-state index contributed by atoms with van der Waals surface area (Å²) in [5.41, 5.74) is 5.39. The highest BCUT2D eigenvalue weighted by Crippen LogP contribution is 2.21. The summed E-state index contributed by atoms with van der Waals surface area (Å²) in [5.74, 6) is 1.29. The summed E-state index contributed by atoms with van der Waals surface area (Å²) in [5, 5.41) is 10.0. The standard InChI is InChI=1S/C15H31N5O2S/c1-13(21)23-12-14-10-15(22)20(11-14)9-8-19-7-6-18-5-4-17-3-2-16/h14,17-19H,2-12,16H2,1H3. The van der Waals surface area contributed by atoms with E-state index in [1.165, 1.54) is 11.8 Å². The fourth-order valence-electron chi connectivity index (χ4n) is 2.46. The van der Waals surface area contributed by atoms with E-state index in [2.05, 4.69) is 16.0 Å². The molecule has 0 aromatic rings. The van der Waals surface area contributed by atoms with Gasteiger partial charge in [0.2, 0.25) is 5.91 Å². The highest BCUT2D eigenvalue weighted by atomic mass is 32.2. The third-order valence-electron chi connectivity index (χ3n) is 3.65. The summed E-state index contributed by atoms with van der Waals surface area (Å²) >= 11 is 1.32. The summed E-state index contributed by atoms with van der Waals surface area (Å²) in [6.07, 6.45) is 0.581. The van der Waals surface area contributed by atoms with Gasteiger partial charge in [-0.05, 0) is 5.92 Å². The topological polar surface area (TPSA) is 99.5 Å². The Hall–Kier alpha value is -0.670. The third kappa shape index (κ3) is 9.93. The third-order valence-corrected chi connectivity index (χ3v) is 4.70. The molecule has 0 saturated carbocycles. The van der Waals surface area contributed by atoms with Crippen LogP contribution in [-0.4, -0.2) is 80.6 Å². The summed E-state index contributed by atoms with van der Waals surface area (Å²) in [7, 11) is 0. The lowest BCUT2D eigenvalue weighted by atomic mass is 10.1. The van der Waals surface area contributed by atoms with Gasteiger partial charge in [-0.3, -0.25) is 9.59 Å². The van der Waals surface area contributed by atoms with Gasteiger partial charge in [0.05, 0.1) is 0 Å². The van der Waals surface area contributed by atoms with Crippen molar-refractivity contribution in [2.75, 3.05) is 64.7 Å². The first-order valence-electron chi connectivity index (χ1n) is 8.36. The number of likely N-dealkylation sites (tertiary alicyclic amines) is 1. The molecule has 1 amide bonds. The molecule has 0 spiro atoms. The second-order valence-corrected chi connectivity index (χ2v) is 6.95. The molecule has 1 aliphatic rings. The van der Waals surface area contributed by atoms with Crippen LogP contribution >= 0.6 is 11.8 Å². The highest BCUT2D eigenvalue weighted by Gasteiger charge is 2.29. The first kappa shape index (κ1) is 20.4. The fraction of sp³-hybridized carbons (Fsp3) is 0.867. The van der Waals surface area contributed by atoms with Crippen LogP contribution in [0.2, 0.25) is 0 Å². The van der Waals surface area contributed by atoms with Gasteiger partial charge in [-0.25, -0.2) is 0 Å². The number of hydrogen-bond donors (Lipinski definition) is 4. The first-order chi connectivity index (χ1) is 11.1. The molecule has 0 aromatic carbocycles. The lowest BCUT2D eigenvalue weighted by molar-refractivity contribution is -0.127. The van der Waals surface area contributed by atoms with Crippen molar-refractivity contribution in [2.24, 2.45) is 11.7 Å². The predicted octanol–water partition coefficient (Wildman–Crippen LogP) is -1.16. The monoisotopic (exact) mass is 345 g/mol. The van der Waals surface area contributed by atoms with E-state index in [-0.39, 0.29) is 11.0 Å². The van der Waals surface area contributed by atoms with Gasteiger partial charge in [0.25, 0.3) is 0 Å². The quantitative estimate of drug-likeness (QED) is 0.313. The van der Waals surface area contributed by atoms with Crippen molar-refractivity contribution in [1.82, 2.24) is 20.9 Å². The molecule has 8 heteroatoms. The number of thioether (sulfide) groups is 1. The van der Waals surface area contributed by atoms with Crippen LogP contribution in [0, 0.1) is 5.92 Å². The SMILES string of the molecule is CC(=O)SCC1CC(=O)N(CCNCCNCCNCCN)C1. The maximum absolute atomic E-state index is 11.9. The maximum Gasteiger partial charge on any atom is 0.222 e. The number of hydrogen-bond acceptors (Lipinski definition) is 7. The van der Waals surface area contributed by atoms with Crippen LogP contribution in [0.25, 0.3) is 0 Å². The Morgan fingerprint density at radius 1 is 1.17 bits per heavy atom. The molecule has 1 atom stereocenters. The Bertz CT molecular complexity index is 357. The lowest BCUT2D eigenvalue weighted by Gasteiger charge is -2.17. The van der Waals surface area contributed by atoms with Crippen LogP contribution in [0.3, 0.4) is 0 Å². The number of nitrogens with one attached hydrogen (secondary N) is 3. The van der Waals surface area contributed by atoms with Gasteiger partial charge in [-0.1, -0.05) is 11.8 Å². The molecule has 1 aliphatic heterocycles. The number of carbonyl (C=O) groups is 2. The molecule has 1 rings (SSSR count). The Balaban J connectivity index is 1.95. The van der Waals surface area contributed by atoms with Crippen LogP contribution in [0.15, 0.2) is 0 Å². The van der Waals surface area contributed by atoms with E-state index < -0.39 is 0 Å². The van der Waals surface area contributed by atoms with Crippen molar-refractivity contribution in [1.29, 1.82) is 0 Å². The minimum atomic E-state index is 0.128. The molecule has 5 N–H and O–H groups in total. The summed E-state index contributed by atoms with van der Waals surface area (Å²) in [4.78, 5) is 24.8. The average Bonchev–Trinajstić information content (AvgIpc) is 2.87. The van der Waals surface area contributed by atoms with Crippen molar-refractivity contribution in [3.63, 3.8) is 0 Å². The molecule has 7 nitrogen and oxygen atoms in total. The molecule has 1 saturated heterocycles. The van der Waals surface area contributed by atoms with Gasteiger partial charge >= 0.3 is 0 Å². The molecule has 134 valence electrons. The van der Waals surface area contributed by atoms with Gasteiger partial charge in [-0.2, -0.15) is 0 Å². The van der Waals surface area contributed by atoms with E-state index in [4.69, 9.17) is 5.73 Å². The van der Waals surface area contributed by atoms with Crippen molar-refractivity contribution in [3.8, 4) is 0 Å². The Labute approximate surface area is 143 Å². The largest absolute Gasteiger partial charge is 0.341 e. The second kappa shape index (κ2) is 12.7. The van der Waals surface area contributed by atoms with Crippen LogP contribution in [0.1, 0.15) is 13.3 Å².